The highest BCUT2D eigenvalue weighted by Gasteiger charge is 2.27. The molecular formula is C18H14N2S. The number of dihydropyridines is 1. The van der Waals surface area contributed by atoms with Crippen LogP contribution < -0.4 is 5.32 Å². The normalized spacial score (nSPS) is 20.8. The van der Waals surface area contributed by atoms with E-state index in [1.54, 1.807) is 0 Å². The first kappa shape index (κ1) is 13.5. The fourth-order valence-electron chi connectivity index (χ4n) is 2.33. The SMILES string of the molecule is N#CC1(S)C=C(c2ccccc2)C=C(c2ccccc2)N1. The van der Waals surface area contributed by atoms with E-state index in [9.17, 15) is 5.26 Å². The molecule has 102 valence electrons. The van der Waals surface area contributed by atoms with Gasteiger partial charge in [0.05, 0.1) is 0 Å². The second-order valence-electron chi connectivity index (χ2n) is 4.89. The third-order valence-corrected chi connectivity index (χ3v) is 3.69. The van der Waals surface area contributed by atoms with Crippen molar-refractivity contribution < 1.29 is 0 Å². The van der Waals surface area contributed by atoms with Gasteiger partial charge in [0.25, 0.3) is 0 Å². The molecule has 0 saturated heterocycles. The van der Waals surface area contributed by atoms with Crippen molar-refractivity contribution in [2.24, 2.45) is 0 Å². The third kappa shape index (κ3) is 2.86. The van der Waals surface area contributed by atoms with Gasteiger partial charge >= 0.3 is 0 Å². The van der Waals surface area contributed by atoms with Crippen molar-refractivity contribution in [3.05, 3.63) is 83.9 Å². The minimum Gasteiger partial charge on any atom is -0.356 e. The first-order valence-electron chi connectivity index (χ1n) is 6.67. The van der Waals surface area contributed by atoms with E-state index in [4.69, 9.17) is 0 Å². The van der Waals surface area contributed by atoms with E-state index in [2.05, 4.69) is 30.1 Å². The average molecular weight is 290 g/mol. The molecule has 0 bridgehead atoms. The van der Waals surface area contributed by atoms with Gasteiger partial charge in [-0.1, -0.05) is 60.7 Å². The average Bonchev–Trinajstić information content (AvgIpc) is 2.56. The van der Waals surface area contributed by atoms with Gasteiger partial charge in [0, 0.05) is 5.70 Å². The van der Waals surface area contributed by atoms with E-state index >= 15 is 0 Å². The number of rotatable bonds is 2. The number of benzene rings is 2. The molecule has 1 aliphatic heterocycles. The molecule has 21 heavy (non-hydrogen) atoms. The lowest BCUT2D eigenvalue weighted by Gasteiger charge is -2.27. The van der Waals surface area contributed by atoms with E-state index in [0.29, 0.717) is 0 Å². The molecule has 3 heteroatoms. The number of nitriles is 1. The second kappa shape index (κ2) is 5.51. The van der Waals surface area contributed by atoms with Crippen molar-refractivity contribution in [1.29, 1.82) is 5.26 Å². The van der Waals surface area contributed by atoms with Gasteiger partial charge in [0.1, 0.15) is 6.07 Å². The van der Waals surface area contributed by atoms with Crippen molar-refractivity contribution >= 4 is 23.9 Å². The fourth-order valence-corrected chi connectivity index (χ4v) is 2.59. The summed E-state index contributed by atoms with van der Waals surface area (Å²) in [7, 11) is 0. The Morgan fingerprint density at radius 3 is 2.05 bits per heavy atom. The molecule has 0 spiro atoms. The van der Waals surface area contributed by atoms with Crippen LogP contribution in [0.2, 0.25) is 0 Å². The van der Waals surface area contributed by atoms with Crippen molar-refractivity contribution in [3.8, 4) is 6.07 Å². The molecule has 2 nitrogen and oxygen atoms in total. The molecule has 1 N–H and O–H groups in total. The van der Waals surface area contributed by atoms with Crippen LogP contribution >= 0.6 is 12.6 Å². The molecule has 0 aliphatic carbocycles. The number of nitrogens with zero attached hydrogens (tertiary/aromatic N) is 1. The summed E-state index contributed by atoms with van der Waals surface area (Å²) in [5.41, 5.74) is 3.99. The van der Waals surface area contributed by atoms with Crippen LogP contribution in [-0.2, 0) is 0 Å². The number of thiol groups is 1. The summed E-state index contributed by atoms with van der Waals surface area (Å²) in [4.78, 5) is -1.01. The van der Waals surface area contributed by atoms with Crippen molar-refractivity contribution in [2.45, 2.75) is 4.87 Å². The first-order chi connectivity index (χ1) is 10.2. The van der Waals surface area contributed by atoms with Crippen LogP contribution in [-0.4, -0.2) is 4.87 Å². The summed E-state index contributed by atoms with van der Waals surface area (Å²) in [5.74, 6) is 0. The van der Waals surface area contributed by atoms with Crippen LogP contribution in [0.4, 0.5) is 0 Å². The molecular weight excluding hydrogens is 276 g/mol. The largest absolute Gasteiger partial charge is 0.356 e. The van der Waals surface area contributed by atoms with Crippen LogP contribution in [0.25, 0.3) is 11.3 Å². The molecule has 1 heterocycles. The molecule has 3 rings (SSSR count). The monoisotopic (exact) mass is 290 g/mol. The molecule has 2 aromatic carbocycles. The van der Waals surface area contributed by atoms with Gasteiger partial charge in [0.15, 0.2) is 4.87 Å². The molecule has 0 aromatic heterocycles. The van der Waals surface area contributed by atoms with Gasteiger partial charge in [-0.05, 0) is 28.9 Å². The predicted octanol–water partition coefficient (Wildman–Crippen LogP) is 3.86. The van der Waals surface area contributed by atoms with E-state index in [1.165, 1.54) is 0 Å². The maximum atomic E-state index is 9.42. The molecule has 0 radical (unpaired) electrons. The number of nitrogens with one attached hydrogen (secondary N) is 1. The Morgan fingerprint density at radius 1 is 0.905 bits per heavy atom. The lowest BCUT2D eigenvalue weighted by Crippen LogP contribution is -2.37. The molecule has 0 amide bonds. The summed E-state index contributed by atoms with van der Waals surface area (Å²) in [6.45, 7) is 0. The summed E-state index contributed by atoms with van der Waals surface area (Å²) >= 11 is 4.48. The topological polar surface area (TPSA) is 35.8 Å². The minimum atomic E-state index is -1.01. The van der Waals surface area contributed by atoms with Crippen molar-refractivity contribution in [3.63, 3.8) is 0 Å². The summed E-state index contributed by atoms with van der Waals surface area (Å²) in [5, 5.41) is 12.6. The fraction of sp³-hybridized carbons (Fsp3) is 0.0556. The predicted molar refractivity (Wildman–Crippen MR) is 89.3 cm³/mol. The smallest absolute Gasteiger partial charge is 0.189 e. The zero-order chi connectivity index (χ0) is 14.7. The molecule has 2 aromatic rings. The van der Waals surface area contributed by atoms with Crippen LogP contribution in [0.5, 0.6) is 0 Å². The van der Waals surface area contributed by atoms with Crippen LogP contribution in [0.15, 0.2) is 72.8 Å². The maximum absolute atomic E-state index is 9.42. The summed E-state index contributed by atoms with van der Waals surface area (Å²) in [6.07, 6.45) is 3.90. The van der Waals surface area contributed by atoms with E-state index < -0.39 is 4.87 Å². The van der Waals surface area contributed by atoms with Gasteiger partial charge in [-0.2, -0.15) is 5.26 Å². The Labute approximate surface area is 129 Å². The van der Waals surface area contributed by atoms with Crippen molar-refractivity contribution in [1.82, 2.24) is 5.32 Å². The van der Waals surface area contributed by atoms with Crippen LogP contribution in [0, 0.1) is 11.3 Å². The van der Waals surface area contributed by atoms with Gasteiger partial charge in [-0.15, -0.1) is 12.6 Å². The molecule has 1 unspecified atom stereocenters. The number of allylic oxidation sites excluding steroid dienone is 2. The van der Waals surface area contributed by atoms with Gasteiger partial charge < -0.3 is 5.32 Å². The summed E-state index contributed by atoms with van der Waals surface area (Å²) < 4.78 is 0. The second-order valence-corrected chi connectivity index (χ2v) is 5.60. The zero-order valence-corrected chi connectivity index (χ0v) is 12.2. The maximum Gasteiger partial charge on any atom is 0.189 e. The van der Waals surface area contributed by atoms with Crippen molar-refractivity contribution in [2.75, 3.05) is 0 Å². The van der Waals surface area contributed by atoms with E-state index in [1.807, 2.05) is 66.7 Å². The zero-order valence-electron chi connectivity index (χ0n) is 11.3. The Hall–Kier alpha value is -2.44. The minimum absolute atomic E-state index is 0.897. The first-order valence-corrected chi connectivity index (χ1v) is 7.12. The van der Waals surface area contributed by atoms with Crippen LogP contribution in [0.1, 0.15) is 11.1 Å². The lowest BCUT2D eigenvalue weighted by atomic mass is 9.96. The Balaban J connectivity index is 2.09. The molecule has 0 fully saturated rings. The molecule has 1 aliphatic rings. The highest BCUT2D eigenvalue weighted by atomic mass is 32.1. The highest BCUT2D eigenvalue weighted by Crippen LogP contribution is 2.31. The molecule has 0 saturated carbocycles. The Kier molecular flexibility index (Phi) is 3.55. The van der Waals surface area contributed by atoms with Gasteiger partial charge in [0.2, 0.25) is 0 Å². The van der Waals surface area contributed by atoms with Gasteiger partial charge in [-0.25, -0.2) is 0 Å². The third-order valence-electron chi connectivity index (χ3n) is 3.35. The van der Waals surface area contributed by atoms with Crippen LogP contribution in [0.3, 0.4) is 0 Å². The standard InChI is InChI=1S/C18H14N2S/c19-13-18(21)12-16(14-7-3-1-4-8-14)11-17(20-18)15-9-5-2-6-10-15/h1-12,20-21H. The van der Waals surface area contributed by atoms with Gasteiger partial charge in [-0.3, -0.25) is 0 Å². The van der Waals surface area contributed by atoms with E-state index in [0.717, 1.165) is 22.4 Å². The quantitative estimate of drug-likeness (QED) is 0.824. The number of hydrogen-bond acceptors (Lipinski definition) is 3. The highest BCUT2D eigenvalue weighted by molar-refractivity contribution is 7.82. The van der Waals surface area contributed by atoms with E-state index in [-0.39, 0.29) is 0 Å². The lowest BCUT2D eigenvalue weighted by molar-refractivity contribution is 0.809. The summed E-state index contributed by atoms with van der Waals surface area (Å²) in [6, 6.07) is 22.2. The molecule has 1 atom stereocenters. The number of hydrogen-bond donors (Lipinski definition) is 2. The Bertz CT molecular complexity index is 742. The Morgan fingerprint density at radius 2 is 1.48 bits per heavy atom.